The Labute approximate surface area is 194 Å². The first-order valence-corrected chi connectivity index (χ1v) is 8.87. The van der Waals surface area contributed by atoms with Gasteiger partial charge >= 0.3 is 59.1 Å². The van der Waals surface area contributed by atoms with E-state index in [1.54, 1.807) is 24.3 Å². The van der Waals surface area contributed by atoms with Gasteiger partial charge in [-0.25, -0.2) is 8.42 Å². The summed E-state index contributed by atoms with van der Waals surface area (Å²) in [4.78, 5) is 0.707. The maximum Gasteiger partial charge on any atom is 1.00 e. The second-order valence-corrected chi connectivity index (χ2v) is 7.34. The van der Waals surface area contributed by atoms with Gasteiger partial charge in [-0.3, -0.25) is 0 Å². The van der Waals surface area contributed by atoms with E-state index >= 15 is 0 Å². The quantitative estimate of drug-likeness (QED) is 0.429. The van der Waals surface area contributed by atoms with Crippen LogP contribution in [0.2, 0.25) is 0 Å². The maximum absolute atomic E-state index is 13.3. The third-order valence-corrected chi connectivity index (χ3v) is 5.95. The first-order valence-electron chi connectivity index (χ1n) is 7.38. The number of sulfone groups is 1. The van der Waals surface area contributed by atoms with E-state index in [0.29, 0.717) is 9.79 Å². The molecule has 4 rings (SSSR count). The molecule has 0 aromatic heterocycles. The van der Waals surface area contributed by atoms with Crippen molar-refractivity contribution in [1.29, 1.82) is 0 Å². The zero-order valence-corrected chi connectivity index (χ0v) is 19.1. The van der Waals surface area contributed by atoms with Crippen molar-refractivity contribution in [2.45, 2.75) is 9.79 Å². The third-order valence-electron chi connectivity index (χ3n) is 4.08. The van der Waals surface area contributed by atoms with Gasteiger partial charge in [-0.15, -0.1) is 0 Å². The van der Waals surface area contributed by atoms with Crippen LogP contribution in [0.1, 0.15) is 2.85 Å². The van der Waals surface area contributed by atoms with E-state index in [1.165, 1.54) is 0 Å². The molecule has 4 aromatic carbocycles. The molecule has 0 fully saturated rings. The van der Waals surface area contributed by atoms with Crippen LogP contribution >= 0.6 is 0 Å². The van der Waals surface area contributed by atoms with Crippen LogP contribution in [0.4, 0.5) is 0 Å². The van der Waals surface area contributed by atoms with Gasteiger partial charge < -0.3 is 2.85 Å². The van der Waals surface area contributed by atoms with Crippen LogP contribution in [0.5, 0.6) is 0 Å². The Hall–Kier alpha value is -0.650. The predicted octanol–water partition coefficient (Wildman–Crippen LogP) is -0.941. The fourth-order valence-corrected chi connectivity index (χ4v) is 4.68. The molecule has 0 aliphatic heterocycles. The average Bonchev–Trinajstić information content (AvgIpc) is 2.60. The summed E-state index contributed by atoms with van der Waals surface area (Å²) in [6.45, 7) is 0. The molecular weight excluding hydrogens is 350 g/mol. The minimum atomic E-state index is -3.59. The fraction of sp³-hybridized carbons (Fsp3) is 0. The summed E-state index contributed by atoms with van der Waals surface area (Å²) < 4.78 is 26.5. The zero-order chi connectivity index (χ0) is 15.9. The topological polar surface area (TPSA) is 34.1 Å². The molecule has 0 spiro atoms. The molecule has 0 saturated heterocycles. The van der Waals surface area contributed by atoms with Crippen molar-refractivity contribution in [2.75, 3.05) is 0 Å². The molecule has 0 aliphatic carbocycles. The van der Waals surface area contributed by atoms with Crippen LogP contribution in [0, 0.1) is 0 Å². The van der Waals surface area contributed by atoms with Crippen molar-refractivity contribution < 1.29 is 70.4 Å². The summed E-state index contributed by atoms with van der Waals surface area (Å²) in [5.41, 5.74) is 0. The fourth-order valence-electron chi connectivity index (χ4n) is 2.98. The van der Waals surface area contributed by atoms with Gasteiger partial charge in [0.25, 0.3) is 0 Å². The maximum atomic E-state index is 13.3. The van der Waals surface area contributed by atoms with Crippen molar-refractivity contribution in [1.82, 2.24) is 0 Å². The molecule has 0 heterocycles. The molecular formula is C20H16Na2O2S. The SMILES string of the molecule is O=S(=O)(c1cccc2ccccc12)c1cccc2ccccc12.[H-].[H-].[Na+].[Na+]. The molecule has 0 aliphatic rings. The molecule has 4 aromatic rings. The van der Waals surface area contributed by atoms with E-state index in [1.807, 2.05) is 60.7 Å². The Bertz CT molecular complexity index is 1050. The largest absolute Gasteiger partial charge is 1.00 e. The van der Waals surface area contributed by atoms with Gasteiger partial charge in [0.15, 0.2) is 0 Å². The molecule has 25 heavy (non-hydrogen) atoms. The van der Waals surface area contributed by atoms with E-state index in [0.717, 1.165) is 21.5 Å². The summed E-state index contributed by atoms with van der Waals surface area (Å²) in [5.74, 6) is 0. The van der Waals surface area contributed by atoms with Crippen LogP contribution in [0.15, 0.2) is 94.7 Å². The molecule has 0 N–H and O–H groups in total. The van der Waals surface area contributed by atoms with Crippen molar-refractivity contribution in [3.8, 4) is 0 Å². The molecule has 0 bridgehead atoms. The van der Waals surface area contributed by atoms with Gasteiger partial charge in [-0.05, 0) is 22.9 Å². The van der Waals surface area contributed by atoms with Crippen molar-refractivity contribution in [3.63, 3.8) is 0 Å². The van der Waals surface area contributed by atoms with E-state index in [4.69, 9.17) is 0 Å². The summed E-state index contributed by atoms with van der Waals surface area (Å²) in [5, 5.41) is 3.36. The summed E-state index contributed by atoms with van der Waals surface area (Å²) in [7, 11) is -3.59. The van der Waals surface area contributed by atoms with E-state index in [2.05, 4.69) is 0 Å². The predicted molar refractivity (Wildman–Crippen MR) is 95.6 cm³/mol. The summed E-state index contributed by atoms with van der Waals surface area (Å²) in [6.07, 6.45) is 0. The number of hydrogen-bond donors (Lipinski definition) is 0. The molecule has 116 valence electrons. The minimum absolute atomic E-state index is 0. The minimum Gasteiger partial charge on any atom is -1.00 e. The van der Waals surface area contributed by atoms with Crippen LogP contribution in [-0.4, -0.2) is 8.42 Å². The third kappa shape index (κ3) is 3.74. The Kier molecular flexibility index (Phi) is 6.91. The molecule has 0 atom stereocenters. The van der Waals surface area contributed by atoms with Crippen LogP contribution < -0.4 is 59.1 Å². The van der Waals surface area contributed by atoms with Gasteiger partial charge in [0, 0.05) is 10.8 Å². The van der Waals surface area contributed by atoms with Gasteiger partial charge in [-0.1, -0.05) is 72.8 Å². The summed E-state index contributed by atoms with van der Waals surface area (Å²) in [6, 6.07) is 25.9. The molecule has 2 nitrogen and oxygen atoms in total. The van der Waals surface area contributed by atoms with E-state index < -0.39 is 9.84 Å². The first-order chi connectivity index (χ1) is 11.2. The van der Waals surface area contributed by atoms with Gasteiger partial charge in [0.05, 0.1) is 9.79 Å². The van der Waals surface area contributed by atoms with Crippen LogP contribution in [0.3, 0.4) is 0 Å². The Morgan fingerprint density at radius 1 is 0.520 bits per heavy atom. The van der Waals surface area contributed by atoms with E-state index in [9.17, 15) is 8.42 Å². The van der Waals surface area contributed by atoms with Gasteiger partial charge in [0.2, 0.25) is 9.84 Å². The van der Waals surface area contributed by atoms with Crippen molar-refractivity contribution in [2.24, 2.45) is 0 Å². The van der Waals surface area contributed by atoms with Crippen molar-refractivity contribution >= 4 is 31.4 Å². The van der Waals surface area contributed by atoms with Crippen molar-refractivity contribution in [3.05, 3.63) is 84.9 Å². The zero-order valence-electron chi connectivity index (χ0n) is 16.3. The van der Waals surface area contributed by atoms with E-state index in [-0.39, 0.29) is 62.0 Å². The average molecular weight is 366 g/mol. The monoisotopic (exact) mass is 366 g/mol. The molecule has 0 radical (unpaired) electrons. The first kappa shape index (κ1) is 20.7. The standard InChI is InChI=1S/C20H14O2S.2Na.2H/c21-23(22,19-13-5-9-15-7-1-3-11-17(15)19)20-14-6-10-16-8-2-4-12-18(16)20;;;;/h1-14H;;;;/q;2*+1;2*-1. The van der Waals surface area contributed by atoms with Crippen LogP contribution in [0.25, 0.3) is 21.5 Å². The molecule has 5 heteroatoms. The summed E-state index contributed by atoms with van der Waals surface area (Å²) >= 11 is 0. The Balaban J connectivity index is 0.00000169. The second-order valence-electron chi connectivity index (χ2n) is 5.46. The molecule has 0 amide bonds. The van der Waals surface area contributed by atoms with Crippen LogP contribution in [-0.2, 0) is 9.84 Å². The number of hydrogen-bond acceptors (Lipinski definition) is 2. The molecule has 0 unspecified atom stereocenters. The second kappa shape index (κ2) is 8.36. The smallest absolute Gasteiger partial charge is 1.00 e. The van der Waals surface area contributed by atoms with Gasteiger partial charge in [-0.2, -0.15) is 0 Å². The van der Waals surface area contributed by atoms with Gasteiger partial charge in [0.1, 0.15) is 0 Å². The number of fused-ring (bicyclic) bond motifs is 2. The normalized spacial score (nSPS) is 10.9. The Morgan fingerprint density at radius 2 is 0.880 bits per heavy atom. The number of benzene rings is 4. The Morgan fingerprint density at radius 3 is 1.32 bits per heavy atom. The molecule has 0 saturated carbocycles. The number of rotatable bonds is 2.